The van der Waals surface area contributed by atoms with Gasteiger partial charge in [0.2, 0.25) is 0 Å². The zero-order valence-corrected chi connectivity index (χ0v) is 17.6. The van der Waals surface area contributed by atoms with Gasteiger partial charge in [0.05, 0.1) is 16.9 Å². The van der Waals surface area contributed by atoms with Crippen LogP contribution in [-0.2, 0) is 4.79 Å². The molecule has 2 heterocycles. The van der Waals surface area contributed by atoms with Gasteiger partial charge in [0.15, 0.2) is 12.4 Å². The maximum absolute atomic E-state index is 12.8. The van der Waals surface area contributed by atoms with Crippen molar-refractivity contribution in [3.8, 4) is 11.5 Å². The fraction of sp³-hybridized carbons (Fsp3) is 0.391. The molecule has 0 aromatic heterocycles. The maximum Gasteiger partial charge on any atom is 0.269 e. The lowest BCUT2D eigenvalue weighted by molar-refractivity contribution is -0.384. The number of carbonyl (C=O) groups excluding carboxylic acids is 2. The Morgan fingerprint density at radius 2 is 1.87 bits per heavy atom. The van der Waals surface area contributed by atoms with E-state index >= 15 is 0 Å². The summed E-state index contributed by atoms with van der Waals surface area (Å²) in [4.78, 5) is 37.3. The largest absolute Gasteiger partial charge is 0.486 e. The second-order valence-electron chi connectivity index (χ2n) is 8.26. The van der Waals surface area contributed by atoms with Crippen LogP contribution in [0.3, 0.4) is 0 Å². The van der Waals surface area contributed by atoms with E-state index < -0.39 is 10.5 Å². The Bertz CT molecular complexity index is 1040. The fourth-order valence-electron chi connectivity index (χ4n) is 4.28. The second-order valence-corrected chi connectivity index (χ2v) is 8.26. The van der Waals surface area contributed by atoms with E-state index in [9.17, 15) is 19.7 Å². The number of non-ortho nitro benzene ring substituents is 1. The topological polar surface area (TPSA) is 99.0 Å². The molecule has 0 atom stereocenters. The van der Waals surface area contributed by atoms with Crippen molar-refractivity contribution in [2.24, 2.45) is 0 Å². The Balaban J connectivity index is 1.35. The van der Waals surface area contributed by atoms with E-state index in [0.717, 1.165) is 11.1 Å². The van der Waals surface area contributed by atoms with Crippen LogP contribution in [0.1, 0.15) is 40.7 Å². The molecular formula is C23H24N2O6. The first-order valence-corrected chi connectivity index (χ1v) is 10.2. The molecule has 4 rings (SSSR count). The van der Waals surface area contributed by atoms with Crippen molar-refractivity contribution in [2.45, 2.75) is 38.7 Å². The Morgan fingerprint density at radius 3 is 2.52 bits per heavy atom. The number of fused-ring (bicyclic) bond motifs is 1. The van der Waals surface area contributed by atoms with Crippen LogP contribution in [0.4, 0.5) is 5.69 Å². The van der Waals surface area contributed by atoms with Crippen LogP contribution in [0.25, 0.3) is 0 Å². The summed E-state index contributed by atoms with van der Waals surface area (Å²) in [5, 5.41) is 10.7. The van der Waals surface area contributed by atoms with E-state index in [4.69, 9.17) is 9.47 Å². The first-order valence-electron chi connectivity index (χ1n) is 10.2. The number of aryl methyl sites for hydroxylation is 2. The number of nitrogens with zero attached hydrogens (tertiary/aromatic N) is 2. The second kappa shape index (κ2) is 8.02. The lowest BCUT2D eigenvalue weighted by atomic mass is 9.81. The SMILES string of the molecule is Cc1cc(C)c2c(c1)C(=O)CC1(CCN(C(=O)COc3ccc([N+](=O)[O-])cc3)CC1)O2. The van der Waals surface area contributed by atoms with Crippen LogP contribution in [0, 0.1) is 24.0 Å². The lowest BCUT2D eigenvalue weighted by Crippen LogP contribution is -2.53. The molecule has 1 saturated heterocycles. The Hall–Kier alpha value is -3.42. The monoisotopic (exact) mass is 424 g/mol. The average Bonchev–Trinajstić information content (AvgIpc) is 2.74. The number of hydrogen-bond acceptors (Lipinski definition) is 6. The number of nitro groups is 1. The van der Waals surface area contributed by atoms with Gasteiger partial charge in [-0.3, -0.25) is 19.7 Å². The molecule has 0 radical (unpaired) electrons. The van der Waals surface area contributed by atoms with Crippen LogP contribution < -0.4 is 9.47 Å². The molecule has 1 amide bonds. The molecule has 0 N–H and O–H groups in total. The van der Waals surface area contributed by atoms with E-state index in [1.165, 1.54) is 24.3 Å². The quantitative estimate of drug-likeness (QED) is 0.549. The smallest absolute Gasteiger partial charge is 0.269 e. The molecule has 0 aliphatic carbocycles. The lowest BCUT2D eigenvalue weighted by Gasteiger charge is -2.44. The highest BCUT2D eigenvalue weighted by molar-refractivity contribution is 6.01. The van der Waals surface area contributed by atoms with Crippen LogP contribution in [0.2, 0.25) is 0 Å². The molecule has 8 nitrogen and oxygen atoms in total. The van der Waals surface area contributed by atoms with Crippen molar-refractivity contribution in [2.75, 3.05) is 19.7 Å². The Kier molecular flexibility index (Phi) is 5.39. The van der Waals surface area contributed by atoms with Gasteiger partial charge in [0.1, 0.15) is 17.1 Å². The molecule has 8 heteroatoms. The highest BCUT2D eigenvalue weighted by Gasteiger charge is 2.44. The molecule has 2 aliphatic rings. The zero-order chi connectivity index (χ0) is 22.2. The van der Waals surface area contributed by atoms with E-state index in [-0.39, 0.29) is 24.0 Å². The van der Waals surface area contributed by atoms with Crippen molar-refractivity contribution in [1.29, 1.82) is 0 Å². The minimum atomic E-state index is -0.569. The van der Waals surface area contributed by atoms with Crippen LogP contribution in [-0.4, -0.2) is 46.8 Å². The molecule has 162 valence electrons. The summed E-state index contributed by atoms with van der Waals surface area (Å²) in [6, 6.07) is 9.51. The predicted octanol–water partition coefficient (Wildman–Crippen LogP) is 3.62. The molecule has 2 aliphatic heterocycles. The molecule has 1 spiro atoms. The van der Waals surface area contributed by atoms with Crippen LogP contribution >= 0.6 is 0 Å². The van der Waals surface area contributed by atoms with Gasteiger partial charge >= 0.3 is 0 Å². The fourth-order valence-corrected chi connectivity index (χ4v) is 4.28. The number of Topliss-reactive ketones (excluding diaryl/α,β-unsaturated/α-hetero) is 1. The number of ketones is 1. The molecule has 2 aromatic carbocycles. The van der Waals surface area contributed by atoms with E-state index in [2.05, 4.69) is 0 Å². The molecule has 31 heavy (non-hydrogen) atoms. The number of amides is 1. The first kappa shape index (κ1) is 20.8. The number of rotatable bonds is 4. The van der Waals surface area contributed by atoms with Crippen molar-refractivity contribution >= 4 is 17.4 Å². The van der Waals surface area contributed by atoms with E-state index in [0.29, 0.717) is 49.4 Å². The molecule has 0 unspecified atom stereocenters. The normalized spacial score (nSPS) is 17.1. The Morgan fingerprint density at radius 1 is 1.19 bits per heavy atom. The van der Waals surface area contributed by atoms with Crippen molar-refractivity contribution < 1.29 is 24.0 Å². The van der Waals surface area contributed by atoms with Gasteiger partial charge in [-0.1, -0.05) is 6.07 Å². The summed E-state index contributed by atoms with van der Waals surface area (Å²) in [5.41, 5.74) is 2.04. The summed E-state index contributed by atoms with van der Waals surface area (Å²) < 4.78 is 11.8. The summed E-state index contributed by atoms with van der Waals surface area (Å²) in [5.74, 6) is 0.996. The minimum Gasteiger partial charge on any atom is -0.486 e. The summed E-state index contributed by atoms with van der Waals surface area (Å²) in [6.07, 6.45) is 1.48. The zero-order valence-electron chi connectivity index (χ0n) is 17.6. The van der Waals surface area contributed by atoms with Crippen molar-refractivity contribution in [3.63, 3.8) is 0 Å². The van der Waals surface area contributed by atoms with E-state index in [1.807, 2.05) is 26.0 Å². The van der Waals surface area contributed by atoms with Gasteiger partial charge in [0.25, 0.3) is 11.6 Å². The number of benzene rings is 2. The van der Waals surface area contributed by atoms with Gasteiger partial charge in [-0.25, -0.2) is 0 Å². The van der Waals surface area contributed by atoms with Crippen molar-refractivity contribution in [3.05, 3.63) is 63.2 Å². The maximum atomic E-state index is 12.8. The van der Waals surface area contributed by atoms with Gasteiger partial charge in [-0.2, -0.15) is 0 Å². The molecule has 0 saturated carbocycles. The average molecular weight is 424 g/mol. The number of hydrogen-bond donors (Lipinski definition) is 0. The van der Waals surface area contributed by atoms with Crippen molar-refractivity contribution in [1.82, 2.24) is 4.90 Å². The molecule has 0 bridgehead atoms. The number of carbonyl (C=O) groups is 2. The van der Waals surface area contributed by atoms with Gasteiger partial charge in [-0.15, -0.1) is 0 Å². The highest BCUT2D eigenvalue weighted by Crippen LogP contribution is 2.41. The number of likely N-dealkylation sites (tertiary alicyclic amines) is 1. The number of ether oxygens (including phenoxy) is 2. The van der Waals surface area contributed by atoms with Crippen LogP contribution in [0.15, 0.2) is 36.4 Å². The van der Waals surface area contributed by atoms with E-state index in [1.54, 1.807) is 4.90 Å². The molecule has 1 fully saturated rings. The number of nitro benzene ring substituents is 1. The third-order valence-electron chi connectivity index (χ3n) is 5.96. The summed E-state index contributed by atoms with van der Waals surface area (Å²) in [6.45, 7) is 4.73. The molecule has 2 aromatic rings. The molecular weight excluding hydrogens is 400 g/mol. The first-order chi connectivity index (χ1) is 14.8. The highest BCUT2D eigenvalue weighted by atomic mass is 16.6. The third-order valence-corrected chi connectivity index (χ3v) is 5.96. The number of piperidine rings is 1. The Labute approximate surface area is 179 Å². The minimum absolute atomic E-state index is 0.0333. The third kappa shape index (κ3) is 4.23. The van der Waals surface area contributed by atoms with Crippen LogP contribution in [0.5, 0.6) is 11.5 Å². The van der Waals surface area contributed by atoms with Gasteiger partial charge < -0.3 is 14.4 Å². The summed E-state index contributed by atoms with van der Waals surface area (Å²) in [7, 11) is 0. The van der Waals surface area contributed by atoms with Gasteiger partial charge in [-0.05, 0) is 43.2 Å². The van der Waals surface area contributed by atoms with Gasteiger partial charge in [0, 0.05) is 38.1 Å². The predicted molar refractivity (Wildman–Crippen MR) is 113 cm³/mol. The summed E-state index contributed by atoms with van der Waals surface area (Å²) >= 11 is 0. The standard InChI is InChI=1S/C23H24N2O6/c1-15-11-16(2)22-19(12-15)20(26)13-23(31-22)7-9-24(10-8-23)21(27)14-30-18-5-3-17(4-6-18)25(28)29/h3-6,11-12H,7-10,13-14H2,1-2H3.